The molecular weight excluding hydrogens is 248 g/mol. The van der Waals surface area contributed by atoms with Crippen LogP contribution in [-0.2, 0) is 17.6 Å². The highest BCUT2D eigenvalue weighted by molar-refractivity contribution is 5.85. The van der Waals surface area contributed by atoms with E-state index in [-0.39, 0.29) is 30.9 Å². The Morgan fingerprint density at radius 1 is 1.33 bits per heavy atom. The topological polar surface area (TPSA) is 55.1 Å². The molecule has 0 bridgehead atoms. The monoisotopic (exact) mass is 268 g/mol. The van der Waals surface area contributed by atoms with E-state index in [0.717, 1.165) is 0 Å². The van der Waals surface area contributed by atoms with Crippen molar-refractivity contribution in [1.82, 2.24) is 5.32 Å². The zero-order valence-electron chi connectivity index (χ0n) is 10.7. The van der Waals surface area contributed by atoms with Crippen molar-refractivity contribution in [2.75, 3.05) is 6.54 Å². The molecule has 0 saturated carbocycles. The van der Waals surface area contributed by atoms with E-state index in [0.29, 0.717) is 0 Å². The molecule has 1 aromatic carbocycles. The molecule has 100 valence electrons. The van der Waals surface area contributed by atoms with Gasteiger partial charge in [0.2, 0.25) is 5.91 Å². The zero-order valence-corrected chi connectivity index (χ0v) is 11.6. The van der Waals surface area contributed by atoms with Crippen LogP contribution in [-0.4, -0.2) is 12.5 Å². The molecular formula is C14H21ClN2O. The second kappa shape index (κ2) is 6.76. The lowest BCUT2D eigenvalue weighted by atomic mass is 9.89. The molecule has 0 fully saturated rings. The predicted molar refractivity (Wildman–Crippen MR) is 75.9 cm³/mol. The SMILES string of the molecule is CC(NC(=O)CN)c1ccc2c(c1)CCCC2.Cl. The van der Waals surface area contributed by atoms with Crippen molar-refractivity contribution < 1.29 is 4.79 Å². The molecule has 1 unspecified atom stereocenters. The Kier molecular flexibility index (Phi) is 5.63. The summed E-state index contributed by atoms with van der Waals surface area (Å²) in [5.74, 6) is -0.102. The van der Waals surface area contributed by atoms with Gasteiger partial charge in [0.25, 0.3) is 0 Å². The molecule has 1 amide bonds. The molecule has 0 spiro atoms. The predicted octanol–water partition coefficient (Wildman–Crippen LogP) is 2.12. The molecule has 0 aliphatic heterocycles. The van der Waals surface area contributed by atoms with E-state index in [1.165, 1.54) is 42.4 Å². The number of nitrogens with one attached hydrogen (secondary N) is 1. The van der Waals surface area contributed by atoms with Crippen molar-refractivity contribution in [2.45, 2.75) is 38.6 Å². The van der Waals surface area contributed by atoms with Gasteiger partial charge in [-0.2, -0.15) is 0 Å². The smallest absolute Gasteiger partial charge is 0.234 e. The van der Waals surface area contributed by atoms with Crippen molar-refractivity contribution in [3.05, 3.63) is 34.9 Å². The van der Waals surface area contributed by atoms with E-state index in [4.69, 9.17) is 5.73 Å². The van der Waals surface area contributed by atoms with Gasteiger partial charge in [0.1, 0.15) is 0 Å². The van der Waals surface area contributed by atoms with Crippen molar-refractivity contribution >= 4 is 18.3 Å². The molecule has 4 heteroatoms. The lowest BCUT2D eigenvalue weighted by molar-refractivity contribution is -0.120. The number of fused-ring (bicyclic) bond motifs is 1. The highest BCUT2D eigenvalue weighted by atomic mass is 35.5. The Hall–Kier alpha value is -1.06. The van der Waals surface area contributed by atoms with Crippen LogP contribution in [0, 0.1) is 0 Å². The van der Waals surface area contributed by atoms with Gasteiger partial charge in [-0.05, 0) is 49.3 Å². The van der Waals surface area contributed by atoms with E-state index in [2.05, 4.69) is 23.5 Å². The van der Waals surface area contributed by atoms with E-state index in [1.54, 1.807) is 0 Å². The molecule has 1 aromatic rings. The maximum atomic E-state index is 11.2. The fourth-order valence-corrected chi connectivity index (χ4v) is 2.41. The molecule has 0 saturated heterocycles. The van der Waals surface area contributed by atoms with Gasteiger partial charge in [0, 0.05) is 0 Å². The van der Waals surface area contributed by atoms with Crippen LogP contribution in [0.4, 0.5) is 0 Å². The van der Waals surface area contributed by atoms with E-state index < -0.39 is 0 Å². The Labute approximate surface area is 115 Å². The maximum Gasteiger partial charge on any atom is 0.234 e. The summed E-state index contributed by atoms with van der Waals surface area (Å²) in [6.45, 7) is 2.05. The molecule has 3 N–H and O–H groups in total. The quantitative estimate of drug-likeness (QED) is 0.882. The Morgan fingerprint density at radius 2 is 2.00 bits per heavy atom. The van der Waals surface area contributed by atoms with Gasteiger partial charge in [-0.25, -0.2) is 0 Å². The van der Waals surface area contributed by atoms with Crippen LogP contribution in [0.3, 0.4) is 0 Å². The maximum absolute atomic E-state index is 11.2. The summed E-state index contributed by atoms with van der Waals surface area (Å²) in [5.41, 5.74) is 9.39. The zero-order chi connectivity index (χ0) is 12.3. The van der Waals surface area contributed by atoms with Crippen LogP contribution >= 0.6 is 12.4 Å². The molecule has 0 heterocycles. The van der Waals surface area contributed by atoms with Gasteiger partial charge >= 0.3 is 0 Å². The second-order valence-corrected chi connectivity index (χ2v) is 4.73. The molecule has 0 aromatic heterocycles. The highest BCUT2D eigenvalue weighted by Gasteiger charge is 2.13. The summed E-state index contributed by atoms with van der Waals surface area (Å²) in [5, 5.41) is 2.89. The van der Waals surface area contributed by atoms with Gasteiger partial charge < -0.3 is 11.1 Å². The van der Waals surface area contributed by atoms with Gasteiger partial charge in [0.05, 0.1) is 12.6 Å². The number of nitrogens with two attached hydrogens (primary N) is 1. The number of halogens is 1. The molecule has 3 nitrogen and oxygen atoms in total. The first-order chi connectivity index (χ1) is 8.20. The fourth-order valence-electron chi connectivity index (χ4n) is 2.41. The number of carbonyl (C=O) groups is 1. The molecule has 1 aliphatic rings. The summed E-state index contributed by atoms with van der Waals surface area (Å²) in [6, 6.07) is 6.59. The Bertz CT molecular complexity index is 420. The number of hydrogen-bond acceptors (Lipinski definition) is 2. The minimum Gasteiger partial charge on any atom is -0.348 e. The highest BCUT2D eigenvalue weighted by Crippen LogP contribution is 2.24. The van der Waals surface area contributed by atoms with Gasteiger partial charge in [-0.3, -0.25) is 4.79 Å². The van der Waals surface area contributed by atoms with Crippen LogP contribution in [0.15, 0.2) is 18.2 Å². The normalized spacial score (nSPS) is 15.2. The Balaban J connectivity index is 0.00000162. The first-order valence-electron chi connectivity index (χ1n) is 6.32. The first kappa shape index (κ1) is 15.0. The first-order valence-corrected chi connectivity index (χ1v) is 6.32. The average molecular weight is 269 g/mol. The van der Waals surface area contributed by atoms with Crippen molar-refractivity contribution in [3.8, 4) is 0 Å². The van der Waals surface area contributed by atoms with Gasteiger partial charge in [-0.15, -0.1) is 12.4 Å². The van der Waals surface area contributed by atoms with E-state index in [9.17, 15) is 4.79 Å². The third kappa shape index (κ3) is 3.47. The van der Waals surface area contributed by atoms with Crippen LogP contribution in [0.5, 0.6) is 0 Å². The van der Waals surface area contributed by atoms with Crippen LogP contribution in [0.1, 0.15) is 42.5 Å². The van der Waals surface area contributed by atoms with Crippen molar-refractivity contribution in [2.24, 2.45) is 5.73 Å². The third-order valence-corrected chi connectivity index (χ3v) is 3.44. The minimum absolute atomic E-state index is 0. The van der Waals surface area contributed by atoms with E-state index >= 15 is 0 Å². The average Bonchev–Trinajstić information content (AvgIpc) is 2.38. The largest absolute Gasteiger partial charge is 0.348 e. The molecule has 0 radical (unpaired) electrons. The summed E-state index contributed by atoms with van der Waals surface area (Å²) < 4.78 is 0. The summed E-state index contributed by atoms with van der Waals surface area (Å²) in [4.78, 5) is 11.2. The molecule has 1 atom stereocenters. The lowest BCUT2D eigenvalue weighted by Crippen LogP contribution is -2.32. The van der Waals surface area contributed by atoms with Gasteiger partial charge in [-0.1, -0.05) is 18.2 Å². The molecule has 2 rings (SSSR count). The summed E-state index contributed by atoms with van der Waals surface area (Å²) >= 11 is 0. The number of carbonyl (C=O) groups excluding carboxylic acids is 1. The molecule has 18 heavy (non-hydrogen) atoms. The van der Waals surface area contributed by atoms with Crippen molar-refractivity contribution in [3.63, 3.8) is 0 Å². The standard InChI is InChI=1S/C14H20N2O.ClH/c1-10(16-14(17)9-15)12-7-6-11-4-2-3-5-13(11)8-12;/h6-8,10H,2-5,9,15H2,1H3,(H,16,17);1H. The lowest BCUT2D eigenvalue weighted by Gasteiger charge is -2.19. The van der Waals surface area contributed by atoms with Crippen molar-refractivity contribution in [1.29, 1.82) is 0 Å². The summed E-state index contributed by atoms with van der Waals surface area (Å²) in [7, 11) is 0. The third-order valence-electron chi connectivity index (χ3n) is 3.44. The minimum atomic E-state index is -0.102. The fraction of sp³-hybridized carbons (Fsp3) is 0.500. The Morgan fingerprint density at radius 3 is 2.67 bits per heavy atom. The molecule has 1 aliphatic carbocycles. The number of aryl methyl sites for hydroxylation is 2. The van der Waals surface area contributed by atoms with Crippen LogP contribution < -0.4 is 11.1 Å². The summed E-state index contributed by atoms with van der Waals surface area (Å²) in [6.07, 6.45) is 4.94. The second-order valence-electron chi connectivity index (χ2n) is 4.73. The van der Waals surface area contributed by atoms with E-state index in [1.807, 2.05) is 6.92 Å². The van der Waals surface area contributed by atoms with Crippen LogP contribution in [0.2, 0.25) is 0 Å². The number of benzene rings is 1. The van der Waals surface area contributed by atoms with Crippen LogP contribution in [0.25, 0.3) is 0 Å². The van der Waals surface area contributed by atoms with Gasteiger partial charge in [0.15, 0.2) is 0 Å². The number of rotatable bonds is 3. The number of amides is 1. The number of hydrogen-bond donors (Lipinski definition) is 2.